The van der Waals surface area contributed by atoms with Crippen LogP contribution in [-0.4, -0.2) is 9.97 Å². The van der Waals surface area contributed by atoms with E-state index in [0.717, 1.165) is 21.7 Å². The fourth-order valence-electron chi connectivity index (χ4n) is 2.47. The summed E-state index contributed by atoms with van der Waals surface area (Å²) in [6, 6.07) is 11.2. The van der Waals surface area contributed by atoms with Gasteiger partial charge in [0.25, 0.3) is 0 Å². The summed E-state index contributed by atoms with van der Waals surface area (Å²) in [7, 11) is 0. The topological polar surface area (TPSA) is 73.1 Å². The summed E-state index contributed by atoms with van der Waals surface area (Å²) >= 11 is 12.1. The smallest absolute Gasteiger partial charge is 0.248 e. The summed E-state index contributed by atoms with van der Waals surface area (Å²) in [5, 5.41) is 4.60. The zero-order valence-corrected chi connectivity index (χ0v) is 15.9. The minimum atomic E-state index is 0.291. The predicted molar refractivity (Wildman–Crippen MR) is 106 cm³/mol. The zero-order chi connectivity index (χ0) is 18.7. The summed E-state index contributed by atoms with van der Waals surface area (Å²) in [4.78, 5) is 8.32. The molecule has 7 heteroatoms. The maximum atomic E-state index is 6.19. The third-order valence-electron chi connectivity index (χ3n) is 3.85. The number of hydrogen-bond donors (Lipinski definition) is 2. The van der Waals surface area contributed by atoms with Crippen LogP contribution in [0.5, 0.6) is 11.6 Å². The Balaban J connectivity index is 1.77. The molecule has 3 aromatic rings. The number of nitrogens with zero attached hydrogens (tertiary/aromatic N) is 2. The summed E-state index contributed by atoms with van der Waals surface area (Å²) in [6.45, 7) is 4.40. The Morgan fingerprint density at radius 2 is 1.69 bits per heavy atom. The summed E-state index contributed by atoms with van der Waals surface area (Å²) in [6.07, 6.45) is 1.41. The molecule has 0 radical (unpaired) electrons. The second kappa shape index (κ2) is 7.81. The largest absolute Gasteiger partial charge is 0.437 e. The van der Waals surface area contributed by atoms with Crippen LogP contribution in [0.25, 0.3) is 0 Å². The lowest BCUT2D eigenvalue weighted by Crippen LogP contribution is -2.06. The molecule has 0 fully saturated rings. The van der Waals surface area contributed by atoms with Crippen LogP contribution in [0, 0.1) is 13.8 Å². The molecule has 1 heterocycles. The van der Waals surface area contributed by atoms with Gasteiger partial charge >= 0.3 is 0 Å². The lowest BCUT2D eigenvalue weighted by atomic mass is 10.1. The Kier molecular flexibility index (Phi) is 5.49. The van der Waals surface area contributed by atoms with Crippen molar-refractivity contribution in [3.63, 3.8) is 0 Å². The van der Waals surface area contributed by atoms with E-state index in [2.05, 4.69) is 15.3 Å². The first kappa shape index (κ1) is 18.3. The highest BCUT2D eigenvalue weighted by Gasteiger charge is 2.12. The quantitative estimate of drug-likeness (QED) is 0.612. The van der Waals surface area contributed by atoms with E-state index in [9.17, 15) is 0 Å². The van der Waals surface area contributed by atoms with Gasteiger partial charge in [0, 0.05) is 16.6 Å². The Morgan fingerprint density at radius 1 is 1.04 bits per heavy atom. The molecule has 5 nitrogen and oxygen atoms in total. The molecule has 0 saturated heterocycles. The number of nitrogens with two attached hydrogens (primary N) is 1. The van der Waals surface area contributed by atoms with Crippen molar-refractivity contribution >= 4 is 34.7 Å². The first-order chi connectivity index (χ1) is 12.4. The van der Waals surface area contributed by atoms with Crippen molar-refractivity contribution in [3.8, 4) is 11.6 Å². The van der Waals surface area contributed by atoms with E-state index < -0.39 is 0 Å². The first-order valence-corrected chi connectivity index (χ1v) is 8.73. The molecule has 0 saturated carbocycles. The number of nitrogens with one attached hydrogen (secondary N) is 1. The van der Waals surface area contributed by atoms with Gasteiger partial charge in [0.2, 0.25) is 5.88 Å². The average molecular weight is 389 g/mol. The van der Waals surface area contributed by atoms with E-state index in [1.165, 1.54) is 6.33 Å². The van der Waals surface area contributed by atoms with E-state index in [0.29, 0.717) is 34.7 Å². The standard InChI is InChI=1S/C19H18Cl2N4O/c1-11-7-15(8-12(2)16(11)21)26-19-17(22)18(24-10-25-19)23-9-13-3-5-14(20)6-4-13/h3-8,10H,9,22H2,1-2H3,(H,23,24,25). The van der Waals surface area contributed by atoms with E-state index in [1.54, 1.807) is 0 Å². The zero-order valence-electron chi connectivity index (χ0n) is 14.4. The molecule has 26 heavy (non-hydrogen) atoms. The minimum Gasteiger partial charge on any atom is -0.437 e. The van der Waals surface area contributed by atoms with E-state index >= 15 is 0 Å². The Bertz CT molecular complexity index is 906. The van der Waals surface area contributed by atoms with Crippen LogP contribution in [0.1, 0.15) is 16.7 Å². The van der Waals surface area contributed by atoms with Gasteiger partial charge in [0.1, 0.15) is 17.8 Å². The van der Waals surface area contributed by atoms with Crippen molar-refractivity contribution in [2.75, 3.05) is 11.1 Å². The van der Waals surface area contributed by atoms with Gasteiger partial charge in [-0.1, -0.05) is 35.3 Å². The van der Waals surface area contributed by atoms with Crippen LogP contribution in [0.3, 0.4) is 0 Å². The Morgan fingerprint density at radius 3 is 2.35 bits per heavy atom. The number of nitrogen functional groups attached to an aromatic ring is 1. The second-order valence-corrected chi connectivity index (χ2v) is 6.71. The number of aromatic nitrogens is 2. The molecule has 1 aromatic heterocycles. The molecular weight excluding hydrogens is 371 g/mol. The van der Waals surface area contributed by atoms with Gasteiger partial charge in [0.05, 0.1) is 0 Å². The van der Waals surface area contributed by atoms with Crippen LogP contribution >= 0.6 is 23.2 Å². The maximum absolute atomic E-state index is 6.19. The monoisotopic (exact) mass is 388 g/mol. The van der Waals surface area contributed by atoms with Crippen LogP contribution in [0.2, 0.25) is 10.0 Å². The molecule has 0 unspecified atom stereocenters. The highest BCUT2D eigenvalue weighted by Crippen LogP contribution is 2.32. The van der Waals surface area contributed by atoms with Crippen molar-refractivity contribution in [3.05, 3.63) is 69.5 Å². The van der Waals surface area contributed by atoms with Crippen molar-refractivity contribution in [1.82, 2.24) is 9.97 Å². The van der Waals surface area contributed by atoms with Gasteiger partial charge in [0.15, 0.2) is 5.82 Å². The number of anilines is 2. The fraction of sp³-hybridized carbons (Fsp3) is 0.158. The lowest BCUT2D eigenvalue weighted by molar-refractivity contribution is 0.464. The van der Waals surface area contributed by atoms with Gasteiger partial charge in [-0.2, -0.15) is 4.98 Å². The maximum Gasteiger partial charge on any atom is 0.248 e. The van der Waals surface area contributed by atoms with Gasteiger partial charge < -0.3 is 15.8 Å². The molecule has 0 bridgehead atoms. The van der Waals surface area contributed by atoms with Crippen LogP contribution in [-0.2, 0) is 6.54 Å². The molecule has 0 amide bonds. The SMILES string of the molecule is Cc1cc(Oc2ncnc(NCc3ccc(Cl)cc3)c2N)cc(C)c1Cl. The fourth-order valence-corrected chi connectivity index (χ4v) is 2.70. The number of ether oxygens (including phenoxy) is 1. The molecule has 3 rings (SSSR count). The Hall–Kier alpha value is -2.50. The minimum absolute atomic E-state index is 0.291. The van der Waals surface area contributed by atoms with Crippen LogP contribution in [0.15, 0.2) is 42.7 Å². The molecule has 0 atom stereocenters. The highest BCUT2D eigenvalue weighted by atomic mass is 35.5. The van der Waals surface area contributed by atoms with E-state index in [1.807, 2.05) is 50.2 Å². The first-order valence-electron chi connectivity index (χ1n) is 7.97. The summed E-state index contributed by atoms with van der Waals surface area (Å²) in [5.41, 5.74) is 9.41. The van der Waals surface area contributed by atoms with Crippen molar-refractivity contribution in [1.29, 1.82) is 0 Å². The third-order valence-corrected chi connectivity index (χ3v) is 4.69. The van der Waals surface area contributed by atoms with Crippen molar-refractivity contribution in [2.45, 2.75) is 20.4 Å². The molecule has 0 aliphatic rings. The number of aryl methyl sites for hydroxylation is 2. The summed E-state index contributed by atoms with van der Waals surface area (Å²) in [5.74, 6) is 1.42. The molecular formula is C19H18Cl2N4O. The molecule has 0 aliphatic heterocycles. The van der Waals surface area contributed by atoms with Gasteiger partial charge in [-0.25, -0.2) is 4.98 Å². The highest BCUT2D eigenvalue weighted by molar-refractivity contribution is 6.32. The van der Waals surface area contributed by atoms with Crippen molar-refractivity contribution < 1.29 is 4.74 Å². The predicted octanol–water partition coefficient (Wildman–Crippen LogP) is 5.39. The van der Waals surface area contributed by atoms with E-state index in [4.69, 9.17) is 33.7 Å². The molecule has 2 aromatic carbocycles. The number of benzene rings is 2. The lowest BCUT2D eigenvalue weighted by Gasteiger charge is -2.13. The van der Waals surface area contributed by atoms with Gasteiger partial charge in [-0.3, -0.25) is 0 Å². The van der Waals surface area contributed by atoms with Crippen molar-refractivity contribution in [2.24, 2.45) is 0 Å². The molecule has 3 N–H and O–H groups in total. The van der Waals surface area contributed by atoms with Gasteiger partial charge in [-0.05, 0) is 54.8 Å². The van der Waals surface area contributed by atoms with Crippen LogP contribution < -0.4 is 15.8 Å². The normalized spacial score (nSPS) is 10.6. The second-order valence-electron chi connectivity index (χ2n) is 5.89. The number of rotatable bonds is 5. The van der Waals surface area contributed by atoms with E-state index in [-0.39, 0.29) is 0 Å². The number of hydrogen-bond acceptors (Lipinski definition) is 5. The molecule has 0 spiro atoms. The summed E-state index contributed by atoms with van der Waals surface area (Å²) < 4.78 is 5.84. The van der Waals surface area contributed by atoms with Gasteiger partial charge in [-0.15, -0.1) is 0 Å². The Labute approximate surface area is 162 Å². The molecule has 0 aliphatic carbocycles. The molecule has 134 valence electrons. The average Bonchev–Trinajstić information content (AvgIpc) is 2.62. The van der Waals surface area contributed by atoms with Crippen LogP contribution in [0.4, 0.5) is 11.5 Å². The number of halogens is 2. The third kappa shape index (κ3) is 4.18.